The summed E-state index contributed by atoms with van der Waals surface area (Å²) in [6, 6.07) is 28.7. The van der Waals surface area contributed by atoms with Gasteiger partial charge in [-0.1, -0.05) is 48.5 Å². The van der Waals surface area contributed by atoms with Gasteiger partial charge in [-0.2, -0.15) is 0 Å². The molecule has 0 aliphatic heterocycles. The molecule has 26 heavy (non-hydrogen) atoms. The number of anilines is 3. The lowest BCUT2D eigenvalue weighted by molar-refractivity contribution is 0.777. The molecule has 3 nitrogen and oxygen atoms in total. The Morgan fingerprint density at radius 1 is 0.692 bits per heavy atom. The average molecular weight is 362 g/mol. The number of nitrogens with one attached hydrogen (secondary N) is 3. The van der Waals surface area contributed by atoms with E-state index in [-0.39, 0.29) is 0 Å². The van der Waals surface area contributed by atoms with E-state index in [1.165, 1.54) is 5.56 Å². The van der Waals surface area contributed by atoms with Crippen molar-refractivity contribution in [2.45, 2.75) is 12.8 Å². The summed E-state index contributed by atoms with van der Waals surface area (Å²) < 4.78 is 0. The average Bonchev–Trinajstić information content (AvgIpc) is 2.68. The van der Waals surface area contributed by atoms with Crippen LogP contribution in [-0.4, -0.2) is 11.7 Å². The molecule has 132 valence electrons. The zero-order valence-corrected chi connectivity index (χ0v) is 15.4. The van der Waals surface area contributed by atoms with Crippen LogP contribution in [0.3, 0.4) is 0 Å². The van der Waals surface area contributed by atoms with Crippen molar-refractivity contribution in [3.8, 4) is 0 Å². The van der Waals surface area contributed by atoms with Gasteiger partial charge in [0, 0.05) is 23.6 Å². The van der Waals surface area contributed by atoms with Crippen molar-refractivity contribution in [1.29, 1.82) is 0 Å². The zero-order chi connectivity index (χ0) is 18.0. The van der Waals surface area contributed by atoms with Crippen LogP contribution in [0.2, 0.25) is 0 Å². The fourth-order valence-corrected chi connectivity index (χ4v) is 2.86. The van der Waals surface area contributed by atoms with Crippen LogP contribution in [0.4, 0.5) is 17.1 Å². The summed E-state index contributed by atoms with van der Waals surface area (Å²) in [4.78, 5) is 0. The summed E-state index contributed by atoms with van der Waals surface area (Å²) in [6.45, 7) is 0.856. The Labute approximate surface area is 160 Å². The molecule has 0 spiro atoms. The molecule has 3 N–H and O–H groups in total. The summed E-state index contributed by atoms with van der Waals surface area (Å²) >= 11 is 5.37. The number of aryl methyl sites for hydroxylation is 1. The van der Waals surface area contributed by atoms with Gasteiger partial charge in [-0.3, -0.25) is 0 Å². The molecule has 0 atom stereocenters. The molecule has 0 amide bonds. The van der Waals surface area contributed by atoms with Crippen molar-refractivity contribution in [2.24, 2.45) is 0 Å². The highest BCUT2D eigenvalue weighted by Crippen LogP contribution is 2.18. The van der Waals surface area contributed by atoms with Gasteiger partial charge in [-0.05, 0) is 67.0 Å². The molecule has 0 heterocycles. The van der Waals surface area contributed by atoms with E-state index in [2.05, 4.69) is 40.2 Å². The lowest BCUT2D eigenvalue weighted by atomic mass is 10.1. The van der Waals surface area contributed by atoms with Crippen LogP contribution < -0.4 is 16.0 Å². The maximum absolute atomic E-state index is 5.37. The quantitative estimate of drug-likeness (QED) is 0.392. The minimum atomic E-state index is 0.654. The van der Waals surface area contributed by atoms with E-state index in [1.807, 2.05) is 60.7 Å². The highest BCUT2D eigenvalue weighted by molar-refractivity contribution is 7.80. The van der Waals surface area contributed by atoms with E-state index in [9.17, 15) is 0 Å². The van der Waals surface area contributed by atoms with E-state index in [4.69, 9.17) is 12.2 Å². The standard InChI is InChI=1S/C22H23N3S/c26-22(23-17-7-10-18-8-3-1-4-9-18)25-21-15-13-20(14-16-21)24-19-11-5-2-6-12-19/h1-6,8-9,11-16,24H,7,10,17H2,(H2,23,25,26). The van der Waals surface area contributed by atoms with Gasteiger partial charge in [0.1, 0.15) is 0 Å². The highest BCUT2D eigenvalue weighted by Gasteiger charge is 1.99. The summed E-state index contributed by atoms with van der Waals surface area (Å²) in [5.41, 5.74) is 4.45. The summed E-state index contributed by atoms with van der Waals surface area (Å²) in [5.74, 6) is 0. The lowest BCUT2D eigenvalue weighted by Gasteiger charge is -2.12. The van der Waals surface area contributed by atoms with Crippen LogP contribution >= 0.6 is 12.2 Å². The number of rotatable bonds is 7. The Hall–Kier alpha value is -2.85. The number of para-hydroxylation sites is 1. The first-order valence-corrected chi connectivity index (χ1v) is 9.21. The Bertz CT molecular complexity index is 802. The van der Waals surface area contributed by atoms with Crippen LogP contribution in [0.1, 0.15) is 12.0 Å². The molecule has 0 saturated heterocycles. The number of hydrogen-bond acceptors (Lipinski definition) is 2. The molecular formula is C22H23N3S. The molecule has 0 bridgehead atoms. The van der Waals surface area contributed by atoms with Gasteiger partial charge in [-0.15, -0.1) is 0 Å². The van der Waals surface area contributed by atoms with Crippen LogP contribution in [0, 0.1) is 0 Å². The van der Waals surface area contributed by atoms with Gasteiger partial charge >= 0.3 is 0 Å². The summed E-state index contributed by atoms with van der Waals surface area (Å²) in [5, 5.41) is 10.5. The third-order valence-electron chi connectivity index (χ3n) is 3.98. The van der Waals surface area contributed by atoms with E-state index < -0.39 is 0 Å². The maximum Gasteiger partial charge on any atom is 0.170 e. The van der Waals surface area contributed by atoms with Crippen molar-refractivity contribution in [2.75, 3.05) is 17.2 Å². The zero-order valence-electron chi connectivity index (χ0n) is 14.6. The molecule has 0 radical (unpaired) electrons. The van der Waals surface area contributed by atoms with Crippen LogP contribution in [0.15, 0.2) is 84.9 Å². The monoisotopic (exact) mass is 361 g/mol. The van der Waals surface area contributed by atoms with Gasteiger partial charge in [0.2, 0.25) is 0 Å². The van der Waals surface area contributed by atoms with Crippen LogP contribution in [-0.2, 0) is 6.42 Å². The maximum atomic E-state index is 5.37. The van der Waals surface area contributed by atoms with Crippen LogP contribution in [0.5, 0.6) is 0 Å². The molecule has 3 aromatic carbocycles. The molecule has 0 aromatic heterocycles. The minimum Gasteiger partial charge on any atom is -0.362 e. The van der Waals surface area contributed by atoms with E-state index in [0.717, 1.165) is 36.4 Å². The largest absolute Gasteiger partial charge is 0.362 e. The van der Waals surface area contributed by atoms with Crippen molar-refractivity contribution in [1.82, 2.24) is 5.32 Å². The second-order valence-corrected chi connectivity index (χ2v) is 6.45. The van der Waals surface area contributed by atoms with Crippen molar-refractivity contribution < 1.29 is 0 Å². The second-order valence-electron chi connectivity index (χ2n) is 6.04. The summed E-state index contributed by atoms with van der Waals surface area (Å²) in [7, 11) is 0. The molecule has 0 fully saturated rings. The smallest absolute Gasteiger partial charge is 0.170 e. The van der Waals surface area contributed by atoms with E-state index in [0.29, 0.717) is 5.11 Å². The molecule has 0 aliphatic rings. The van der Waals surface area contributed by atoms with Gasteiger partial charge < -0.3 is 16.0 Å². The van der Waals surface area contributed by atoms with Crippen LogP contribution in [0.25, 0.3) is 0 Å². The van der Waals surface area contributed by atoms with Gasteiger partial charge in [0.05, 0.1) is 0 Å². The summed E-state index contributed by atoms with van der Waals surface area (Å²) in [6.07, 6.45) is 2.10. The minimum absolute atomic E-state index is 0.654. The Morgan fingerprint density at radius 3 is 1.96 bits per heavy atom. The Balaban J connectivity index is 1.40. The first-order chi connectivity index (χ1) is 12.8. The Morgan fingerprint density at radius 2 is 1.27 bits per heavy atom. The number of thiocarbonyl (C=S) groups is 1. The van der Waals surface area contributed by atoms with Crippen molar-refractivity contribution in [3.05, 3.63) is 90.5 Å². The second kappa shape index (κ2) is 9.59. The fraction of sp³-hybridized carbons (Fsp3) is 0.136. The van der Waals surface area contributed by atoms with E-state index >= 15 is 0 Å². The van der Waals surface area contributed by atoms with Gasteiger partial charge in [0.25, 0.3) is 0 Å². The first-order valence-electron chi connectivity index (χ1n) is 8.80. The van der Waals surface area contributed by atoms with Gasteiger partial charge in [-0.25, -0.2) is 0 Å². The molecule has 3 rings (SSSR count). The predicted octanol–water partition coefficient (Wildman–Crippen LogP) is 5.35. The number of hydrogen-bond donors (Lipinski definition) is 3. The Kier molecular flexibility index (Phi) is 6.62. The fourth-order valence-electron chi connectivity index (χ4n) is 2.64. The molecule has 0 saturated carbocycles. The first kappa shape index (κ1) is 18.0. The lowest BCUT2D eigenvalue weighted by Crippen LogP contribution is -2.29. The molecule has 3 aromatic rings. The third kappa shape index (κ3) is 5.90. The number of benzene rings is 3. The van der Waals surface area contributed by atoms with Gasteiger partial charge in [0.15, 0.2) is 5.11 Å². The molecule has 0 unspecified atom stereocenters. The SMILES string of the molecule is S=C(NCCCc1ccccc1)Nc1ccc(Nc2ccccc2)cc1. The highest BCUT2D eigenvalue weighted by atomic mass is 32.1. The van der Waals surface area contributed by atoms with Crippen molar-refractivity contribution >= 4 is 34.4 Å². The predicted molar refractivity (Wildman–Crippen MR) is 115 cm³/mol. The van der Waals surface area contributed by atoms with E-state index in [1.54, 1.807) is 0 Å². The van der Waals surface area contributed by atoms with Crippen molar-refractivity contribution in [3.63, 3.8) is 0 Å². The molecule has 0 aliphatic carbocycles. The molecular weight excluding hydrogens is 338 g/mol. The molecule has 4 heteroatoms. The third-order valence-corrected chi connectivity index (χ3v) is 4.22. The topological polar surface area (TPSA) is 36.1 Å². The normalized spacial score (nSPS) is 10.2.